The Kier molecular flexibility index (Phi) is 3.95. The van der Waals surface area contributed by atoms with Gasteiger partial charge in [0.1, 0.15) is 11.6 Å². The van der Waals surface area contributed by atoms with Gasteiger partial charge in [0.05, 0.1) is 0 Å². The fraction of sp³-hybridized carbons (Fsp3) is 0.0588. The third-order valence-electron chi connectivity index (χ3n) is 3.40. The molecule has 0 N–H and O–H groups in total. The molecule has 3 heterocycles. The summed E-state index contributed by atoms with van der Waals surface area (Å²) in [5, 5.41) is 9.79. The molecule has 0 saturated carbocycles. The van der Waals surface area contributed by atoms with Gasteiger partial charge in [0, 0.05) is 26.6 Å². The van der Waals surface area contributed by atoms with Crippen LogP contribution in [-0.2, 0) is 11.3 Å². The Morgan fingerprint density at radius 2 is 2.00 bits per heavy atom. The van der Waals surface area contributed by atoms with E-state index in [0.717, 1.165) is 21.5 Å². The van der Waals surface area contributed by atoms with E-state index < -0.39 is 0 Å². The first-order valence-corrected chi connectivity index (χ1v) is 9.62. The second kappa shape index (κ2) is 6.23. The Balaban J connectivity index is 1.48. The Labute approximate surface area is 144 Å². The first kappa shape index (κ1) is 14.6. The van der Waals surface area contributed by atoms with Gasteiger partial charge in [-0.2, -0.15) is 11.3 Å². The van der Waals surface area contributed by atoms with Crippen LogP contribution in [0.3, 0.4) is 0 Å². The molecule has 4 aromatic rings. The van der Waals surface area contributed by atoms with Gasteiger partial charge in [-0.15, -0.1) is 22.7 Å². The lowest BCUT2D eigenvalue weighted by molar-refractivity contribution is 0.0469. The molecule has 0 aliphatic carbocycles. The number of ether oxygens (including phenoxy) is 1. The summed E-state index contributed by atoms with van der Waals surface area (Å²) < 4.78 is 6.63. The third-order valence-corrected chi connectivity index (χ3v) is 5.99. The van der Waals surface area contributed by atoms with Crippen molar-refractivity contribution in [3.63, 3.8) is 0 Å². The number of aromatic nitrogens is 1. The molecule has 0 spiro atoms. The normalized spacial score (nSPS) is 11.0. The standard InChI is InChI=1S/C17H11NO2S3/c19-17(14-10-23-16(18-14)11-5-6-21-8-11)20-7-12-9-22-15-4-2-1-3-13(12)15/h1-6,8-10H,7H2. The predicted molar refractivity (Wildman–Crippen MR) is 96.4 cm³/mol. The molecule has 114 valence electrons. The second-order valence-corrected chi connectivity index (χ2v) is 7.43. The van der Waals surface area contributed by atoms with Crippen LogP contribution in [0, 0.1) is 0 Å². The van der Waals surface area contributed by atoms with Crippen LogP contribution in [0.1, 0.15) is 16.1 Å². The number of esters is 1. The molecule has 3 nitrogen and oxygen atoms in total. The van der Waals surface area contributed by atoms with Crippen LogP contribution >= 0.6 is 34.0 Å². The largest absolute Gasteiger partial charge is 0.456 e. The number of rotatable bonds is 4. The van der Waals surface area contributed by atoms with Crippen molar-refractivity contribution in [1.82, 2.24) is 4.98 Å². The van der Waals surface area contributed by atoms with Crippen LogP contribution < -0.4 is 0 Å². The fourth-order valence-corrected chi connectivity index (χ4v) is 4.70. The van der Waals surface area contributed by atoms with Gasteiger partial charge in [-0.3, -0.25) is 0 Å². The summed E-state index contributed by atoms with van der Waals surface area (Å²) in [6.45, 7) is 0.272. The maximum Gasteiger partial charge on any atom is 0.358 e. The smallest absolute Gasteiger partial charge is 0.358 e. The highest BCUT2D eigenvalue weighted by atomic mass is 32.1. The van der Waals surface area contributed by atoms with Gasteiger partial charge in [0.15, 0.2) is 5.69 Å². The molecular weight excluding hydrogens is 346 g/mol. The number of carbonyl (C=O) groups is 1. The van der Waals surface area contributed by atoms with Crippen molar-refractivity contribution in [2.45, 2.75) is 6.61 Å². The minimum Gasteiger partial charge on any atom is -0.456 e. The Bertz CT molecular complexity index is 953. The number of nitrogens with zero attached hydrogens (tertiary/aromatic N) is 1. The van der Waals surface area contributed by atoms with E-state index in [9.17, 15) is 4.79 Å². The summed E-state index contributed by atoms with van der Waals surface area (Å²) in [6.07, 6.45) is 0. The number of carbonyl (C=O) groups excluding carboxylic acids is 1. The van der Waals surface area contributed by atoms with Crippen molar-refractivity contribution in [1.29, 1.82) is 0 Å². The van der Waals surface area contributed by atoms with E-state index in [4.69, 9.17) is 4.74 Å². The van der Waals surface area contributed by atoms with Crippen molar-refractivity contribution in [3.8, 4) is 10.6 Å². The van der Waals surface area contributed by atoms with E-state index in [1.165, 1.54) is 16.0 Å². The molecule has 0 aliphatic heterocycles. The van der Waals surface area contributed by atoms with E-state index >= 15 is 0 Å². The number of hydrogen-bond acceptors (Lipinski definition) is 6. The van der Waals surface area contributed by atoms with Crippen LogP contribution in [0.4, 0.5) is 0 Å². The molecular formula is C17H11NO2S3. The summed E-state index contributed by atoms with van der Waals surface area (Å²) in [4.78, 5) is 16.6. The Hall–Kier alpha value is -2.02. The second-order valence-electron chi connectivity index (χ2n) is 4.88. The molecule has 6 heteroatoms. The maximum absolute atomic E-state index is 12.2. The highest BCUT2D eigenvalue weighted by Gasteiger charge is 2.14. The monoisotopic (exact) mass is 357 g/mol. The average molecular weight is 357 g/mol. The van der Waals surface area contributed by atoms with E-state index in [-0.39, 0.29) is 12.6 Å². The first-order chi connectivity index (χ1) is 11.3. The molecule has 0 unspecified atom stereocenters. The SMILES string of the molecule is O=C(OCc1csc2ccccc12)c1csc(-c2ccsc2)n1. The average Bonchev–Trinajstić information content (AvgIpc) is 3.31. The Morgan fingerprint density at radius 3 is 2.87 bits per heavy atom. The van der Waals surface area contributed by atoms with Crippen molar-refractivity contribution >= 4 is 50.1 Å². The van der Waals surface area contributed by atoms with Crippen LogP contribution in [-0.4, -0.2) is 11.0 Å². The predicted octanol–water partition coefficient (Wildman–Crippen LogP) is 5.44. The maximum atomic E-state index is 12.2. The van der Waals surface area contributed by atoms with Crippen LogP contribution in [0.25, 0.3) is 20.7 Å². The number of benzene rings is 1. The number of fused-ring (bicyclic) bond motifs is 1. The van der Waals surface area contributed by atoms with Gasteiger partial charge in [-0.1, -0.05) is 18.2 Å². The van der Waals surface area contributed by atoms with E-state index in [2.05, 4.69) is 11.1 Å². The summed E-state index contributed by atoms with van der Waals surface area (Å²) >= 11 is 4.73. The van der Waals surface area contributed by atoms with Gasteiger partial charge < -0.3 is 4.74 Å². The van der Waals surface area contributed by atoms with Crippen LogP contribution in [0.15, 0.2) is 51.9 Å². The number of hydrogen-bond donors (Lipinski definition) is 0. The van der Waals surface area contributed by atoms with E-state index in [1.807, 2.05) is 40.4 Å². The van der Waals surface area contributed by atoms with Gasteiger partial charge in [0.25, 0.3) is 0 Å². The molecule has 23 heavy (non-hydrogen) atoms. The summed E-state index contributed by atoms with van der Waals surface area (Å²) in [5.41, 5.74) is 2.45. The summed E-state index contributed by atoms with van der Waals surface area (Å²) in [6, 6.07) is 10.1. The summed E-state index contributed by atoms with van der Waals surface area (Å²) in [5.74, 6) is -0.377. The Morgan fingerprint density at radius 1 is 1.09 bits per heavy atom. The molecule has 0 aliphatic rings. The molecule has 1 aromatic carbocycles. The molecule has 0 bridgehead atoms. The highest BCUT2D eigenvalue weighted by molar-refractivity contribution is 7.17. The number of thiophene rings is 2. The molecule has 4 rings (SSSR count). The molecule has 0 amide bonds. The minimum atomic E-state index is -0.377. The topological polar surface area (TPSA) is 39.2 Å². The van der Waals surface area contributed by atoms with Crippen molar-refractivity contribution in [2.24, 2.45) is 0 Å². The minimum absolute atomic E-state index is 0.272. The molecule has 0 fully saturated rings. The lowest BCUT2D eigenvalue weighted by Crippen LogP contribution is -2.05. The van der Waals surface area contributed by atoms with E-state index in [0.29, 0.717) is 5.69 Å². The lowest BCUT2D eigenvalue weighted by Gasteiger charge is -2.02. The summed E-state index contributed by atoms with van der Waals surface area (Å²) in [7, 11) is 0. The molecule has 3 aromatic heterocycles. The molecule has 0 saturated heterocycles. The van der Waals surface area contributed by atoms with Crippen molar-refractivity contribution in [2.75, 3.05) is 0 Å². The fourth-order valence-electron chi connectivity index (χ4n) is 2.25. The number of thiazole rings is 1. The van der Waals surface area contributed by atoms with Gasteiger partial charge in [0.2, 0.25) is 0 Å². The lowest BCUT2D eigenvalue weighted by atomic mass is 10.2. The quantitative estimate of drug-likeness (QED) is 0.456. The van der Waals surface area contributed by atoms with Gasteiger partial charge >= 0.3 is 5.97 Å². The van der Waals surface area contributed by atoms with Crippen molar-refractivity contribution < 1.29 is 9.53 Å². The first-order valence-electron chi connectivity index (χ1n) is 6.91. The molecule has 0 radical (unpaired) electrons. The zero-order valence-electron chi connectivity index (χ0n) is 11.9. The third kappa shape index (κ3) is 2.93. The van der Waals surface area contributed by atoms with Crippen LogP contribution in [0.2, 0.25) is 0 Å². The van der Waals surface area contributed by atoms with Crippen molar-refractivity contribution in [3.05, 3.63) is 63.1 Å². The zero-order chi connectivity index (χ0) is 15.6. The highest BCUT2D eigenvalue weighted by Crippen LogP contribution is 2.28. The van der Waals surface area contributed by atoms with Gasteiger partial charge in [-0.25, -0.2) is 9.78 Å². The van der Waals surface area contributed by atoms with E-state index in [1.54, 1.807) is 28.1 Å². The zero-order valence-corrected chi connectivity index (χ0v) is 14.3. The molecule has 0 atom stereocenters. The van der Waals surface area contributed by atoms with Gasteiger partial charge in [-0.05, 0) is 28.3 Å². The van der Waals surface area contributed by atoms with Crippen LogP contribution in [0.5, 0.6) is 0 Å².